The van der Waals surface area contributed by atoms with Gasteiger partial charge in [-0.3, -0.25) is 4.57 Å². The van der Waals surface area contributed by atoms with Crippen LogP contribution in [0, 0.1) is 0 Å². The second-order valence-electron chi connectivity index (χ2n) is 4.41. The number of aromatic carboxylic acids is 1. The van der Waals surface area contributed by atoms with Crippen molar-refractivity contribution in [2.75, 3.05) is 0 Å². The first-order valence-electron chi connectivity index (χ1n) is 6.36. The van der Waals surface area contributed by atoms with Crippen molar-refractivity contribution < 1.29 is 9.90 Å². The Labute approximate surface area is 115 Å². The molecule has 2 heterocycles. The quantitative estimate of drug-likeness (QED) is 0.792. The van der Waals surface area contributed by atoms with Gasteiger partial charge in [0.2, 0.25) is 0 Å². The lowest BCUT2D eigenvalue weighted by molar-refractivity contribution is 0.0699. The Balaban J connectivity index is 2.19. The number of hydrogen-bond donors (Lipinski definition) is 1. The number of fused-ring (bicyclic) bond motifs is 1. The van der Waals surface area contributed by atoms with Gasteiger partial charge in [0.1, 0.15) is 11.6 Å². The monoisotopic (exact) mass is 267 g/mol. The number of imidazole rings is 1. The third-order valence-electron chi connectivity index (χ3n) is 3.23. The Morgan fingerprint density at radius 2 is 2.15 bits per heavy atom. The van der Waals surface area contributed by atoms with E-state index in [4.69, 9.17) is 0 Å². The van der Waals surface area contributed by atoms with Crippen molar-refractivity contribution in [3.05, 3.63) is 54.1 Å². The van der Waals surface area contributed by atoms with Crippen molar-refractivity contribution in [2.24, 2.45) is 0 Å². The summed E-state index contributed by atoms with van der Waals surface area (Å²) in [4.78, 5) is 20.0. The van der Waals surface area contributed by atoms with Crippen LogP contribution in [-0.2, 0) is 6.42 Å². The number of nitrogens with zero attached hydrogens (tertiary/aromatic N) is 3. The molecule has 0 saturated heterocycles. The van der Waals surface area contributed by atoms with Gasteiger partial charge in [0.05, 0.1) is 11.1 Å². The van der Waals surface area contributed by atoms with Gasteiger partial charge in [-0.2, -0.15) is 0 Å². The van der Waals surface area contributed by atoms with Gasteiger partial charge in [-0.05, 0) is 24.3 Å². The molecule has 0 aliphatic carbocycles. The van der Waals surface area contributed by atoms with Crippen LogP contribution in [0.25, 0.3) is 16.7 Å². The summed E-state index contributed by atoms with van der Waals surface area (Å²) in [5.41, 5.74) is 0.932. The third kappa shape index (κ3) is 1.93. The summed E-state index contributed by atoms with van der Waals surface area (Å²) >= 11 is 0. The summed E-state index contributed by atoms with van der Waals surface area (Å²) in [6, 6.07) is 8.71. The molecule has 0 radical (unpaired) electrons. The predicted molar refractivity (Wildman–Crippen MR) is 75.2 cm³/mol. The van der Waals surface area contributed by atoms with Crippen molar-refractivity contribution in [3.63, 3.8) is 0 Å². The number of pyridine rings is 1. The number of carboxylic acid groups (broad SMARTS) is 1. The van der Waals surface area contributed by atoms with Crippen LogP contribution in [0.15, 0.2) is 42.7 Å². The highest BCUT2D eigenvalue weighted by Crippen LogP contribution is 2.20. The highest BCUT2D eigenvalue weighted by atomic mass is 16.4. The normalized spacial score (nSPS) is 10.8. The Kier molecular flexibility index (Phi) is 2.95. The summed E-state index contributed by atoms with van der Waals surface area (Å²) in [5, 5.41) is 9.82. The van der Waals surface area contributed by atoms with Gasteiger partial charge in [0, 0.05) is 24.2 Å². The van der Waals surface area contributed by atoms with Crippen LogP contribution in [0.5, 0.6) is 0 Å². The van der Waals surface area contributed by atoms with E-state index < -0.39 is 5.97 Å². The molecule has 1 aromatic carbocycles. The molecule has 0 atom stereocenters. The van der Waals surface area contributed by atoms with E-state index in [1.807, 2.05) is 29.8 Å². The Bertz CT molecular complexity index is 793. The predicted octanol–water partition coefficient (Wildman–Crippen LogP) is 2.68. The van der Waals surface area contributed by atoms with Gasteiger partial charge in [0.15, 0.2) is 0 Å². The van der Waals surface area contributed by atoms with Crippen molar-refractivity contribution >= 4 is 16.9 Å². The summed E-state index contributed by atoms with van der Waals surface area (Å²) in [7, 11) is 0. The minimum Gasteiger partial charge on any atom is -0.478 e. The molecule has 5 heteroatoms. The topological polar surface area (TPSA) is 68.0 Å². The van der Waals surface area contributed by atoms with Gasteiger partial charge < -0.3 is 5.11 Å². The van der Waals surface area contributed by atoms with Gasteiger partial charge in [-0.25, -0.2) is 14.8 Å². The summed E-state index contributed by atoms with van der Waals surface area (Å²) in [5.74, 6) is 0.725. The van der Waals surface area contributed by atoms with Crippen LogP contribution < -0.4 is 0 Å². The summed E-state index contributed by atoms with van der Waals surface area (Å²) in [6.07, 6.45) is 4.40. The maximum atomic E-state index is 11.2. The molecule has 0 aliphatic heterocycles. The van der Waals surface area contributed by atoms with E-state index >= 15 is 0 Å². The van der Waals surface area contributed by atoms with Crippen molar-refractivity contribution in [3.8, 4) is 5.82 Å². The zero-order chi connectivity index (χ0) is 14.1. The first-order valence-corrected chi connectivity index (χ1v) is 6.36. The van der Waals surface area contributed by atoms with E-state index in [0.717, 1.165) is 18.1 Å². The molecule has 0 unspecified atom stereocenters. The van der Waals surface area contributed by atoms with Crippen LogP contribution in [-0.4, -0.2) is 25.6 Å². The van der Waals surface area contributed by atoms with Crippen LogP contribution in [0.2, 0.25) is 0 Å². The molecule has 0 aliphatic rings. The molecule has 0 saturated carbocycles. The average Bonchev–Trinajstić information content (AvgIpc) is 2.94. The average molecular weight is 267 g/mol. The molecule has 3 aromatic rings. The van der Waals surface area contributed by atoms with Gasteiger partial charge in [0.25, 0.3) is 0 Å². The zero-order valence-corrected chi connectivity index (χ0v) is 10.9. The van der Waals surface area contributed by atoms with Crippen LogP contribution >= 0.6 is 0 Å². The lowest BCUT2D eigenvalue weighted by Gasteiger charge is -2.08. The first kappa shape index (κ1) is 12.3. The summed E-state index contributed by atoms with van der Waals surface area (Å²) in [6.45, 7) is 2.03. The van der Waals surface area contributed by atoms with E-state index in [0.29, 0.717) is 10.9 Å². The number of carboxylic acids is 1. The van der Waals surface area contributed by atoms with Gasteiger partial charge in [-0.1, -0.05) is 13.0 Å². The van der Waals surface area contributed by atoms with Crippen LogP contribution in [0.1, 0.15) is 23.1 Å². The molecular weight excluding hydrogens is 254 g/mol. The van der Waals surface area contributed by atoms with E-state index in [1.54, 1.807) is 24.4 Å². The molecule has 0 bridgehead atoms. The SMILES string of the molecule is CCc1nccn1-c1ccc2c(C(=O)O)cccc2n1. The molecule has 0 fully saturated rings. The van der Waals surface area contributed by atoms with Crippen LogP contribution in [0.3, 0.4) is 0 Å². The molecule has 100 valence electrons. The fraction of sp³-hybridized carbons (Fsp3) is 0.133. The van der Waals surface area contributed by atoms with E-state index in [-0.39, 0.29) is 5.56 Å². The van der Waals surface area contributed by atoms with Gasteiger partial charge in [-0.15, -0.1) is 0 Å². The summed E-state index contributed by atoms with van der Waals surface area (Å²) < 4.78 is 1.91. The second-order valence-corrected chi connectivity index (χ2v) is 4.41. The van der Waals surface area contributed by atoms with Crippen molar-refractivity contribution in [2.45, 2.75) is 13.3 Å². The number of rotatable bonds is 3. The first-order chi connectivity index (χ1) is 9.70. The second kappa shape index (κ2) is 4.77. The number of benzene rings is 1. The fourth-order valence-corrected chi connectivity index (χ4v) is 2.27. The lowest BCUT2D eigenvalue weighted by atomic mass is 10.1. The highest BCUT2D eigenvalue weighted by Gasteiger charge is 2.10. The highest BCUT2D eigenvalue weighted by molar-refractivity contribution is 6.02. The van der Waals surface area contributed by atoms with E-state index in [1.165, 1.54) is 0 Å². The fourth-order valence-electron chi connectivity index (χ4n) is 2.27. The number of aryl methyl sites for hydroxylation is 1. The van der Waals surface area contributed by atoms with Crippen molar-refractivity contribution in [1.82, 2.24) is 14.5 Å². The molecule has 2 aromatic heterocycles. The number of carbonyl (C=O) groups is 1. The maximum absolute atomic E-state index is 11.2. The Hall–Kier alpha value is -2.69. The lowest BCUT2D eigenvalue weighted by Crippen LogP contribution is -2.03. The Morgan fingerprint density at radius 3 is 2.90 bits per heavy atom. The smallest absolute Gasteiger partial charge is 0.336 e. The van der Waals surface area contributed by atoms with E-state index in [2.05, 4.69) is 9.97 Å². The molecule has 20 heavy (non-hydrogen) atoms. The number of aromatic nitrogens is 3. The molecule has 3 rings (SSSR count). The molecular formula is C15H13N3O2. The third-order valence-corrected chi connectivity index (χ3v) is 3.23. The van der Waals surface area contributed by atoms with Crippen molar-refractivity contribution in [1.29, 1.82) is 0 Å². The van der Waals surface area contributed by atoms with Gasteiger partial charge >= 0.3 is 5.97 Å². The zero-order valence-electron chi connectivity index (χ0n) is 10.9. The molecule has 0 spiro atoms. The minimum atomic E-state index is -0.943. The Morgan fingerprint density at radius 1 is 1.30 bits per heavy atom. The molecule has 0 amide bonds. The molecule has 1 N–H and O–H groups in total. The molecule has 5 nitrogen and oxygen atoms in total. The standard InChI is InChI=1S/C15H13N3O2/c1-2-13-16-8-9-18(13)14-7-6-10-11(15(19)20)4-3-5-12(10)17-14/h3-9H,2H2,1H3,(H,19,20). The largest absolute Gasteiger partial charge is 0.478 e. The number of hydrogen-bond acceptors (Lipinski definition) is 3. The maximum Gasteiger partial charge on any atom is 0.336 e. The van der Waals surface area contributed by atoms with E-state index in [9.17, 15) is 9.90 Å². The minimum absolute atomic E-state index is 0.267. The van der Waals surface area contributed by atoms with Crippen LogP contribution in [0.4, 0.5) is 0 Å².